The summed E-state index contributed by atoms with van der Waals surface area (Å²) in [5, 5.41) is 0. The summed E-state index contributed by atoms with van der Waals surface area (Å²) in [6.07, 6.45) is 4.10. The molecule has 2 heteroatoms. The van der Waals surface area contributed by atoms with Gasteiger partial charge < -0.3 is 5.73 Å². The number of aryl methyl sites for hydroxylation is 1. The van der Waals surface area contributed by atoms with Gasteiger partial charge in [0.1, 0.15) is 0 Å². The van der Waals surface area contributed by atoms with Crippen molar-refractivity contribution < 1.29 is 0 Å². The molecule has 0 fully saturated rings. The highest BCUT2D eigenvalue weighted by Crippen LogP contribution is 2.20. The first-order valence-electron chi connectivity index (χ1n) is 4.62. The molecule has 0 heterocycles. The Balaban J connectivity index is 2.81. The standard InChI is InChI=1S/C11H16N2/c1-3-4-7-13-11-8-10(12)6-5-9(11)2/h5-8H,3-4,12H2,1-2H3. The third-order valence-corrected chi connectivity index (χ3v) is 1.88. The minimum absolute atomic E-state index is 0.772. The first-order valence-corrected chi connectivity index (χ1v) is 4.62. The smallest absolute Gasteiger partial charge is 0.0675 e. The van der Waals surface area contributed by atoms with Crippen molar-refractivity contribution in [3.05, 3.63) is 23.8 Å². The van der Waals surface area contributed by atoms with Crippen molar-refractivity contribution >= 4 is 17.6 Å². The predicted octanol–water partition coefficient (Wildman–Crippen LogP) is 3.08. The van der Waals surface area contributed by atoms with Crippen molar-refractivity contribution in [1.82, 2.24) is 0 Å². The normalized spacial score (nSPS) is 10.9. The molecule has 0 amide bonds. The van der Waals surface area contributed by atoms with E-state index in [1.165, 1.54) is 5.56 Å². The average Bonchev–Trinajstić information content (AvgIpc) is 2.11. The fourth-order valence-electron chi connectivity index (χ4n) is 1.06. The summed E-state index contributed by atoms with van der Waals surface area (Å²) in [5.74, 6) is 0. The van der Waals surface area contributed by atoms with Gasteiger partial charge in [0, 0.05) is 11.9 Å². The Morgan fingerprint density at radius 1 is 1.46 bits per heavy atom. The van der Waals surface area contributed by atoms with Crippen LogP contribution < -0.4 is 5.73 Å². The van der Waals surface area contributed by atoms with Crippen LogP contribution in [0.4, 0.5) is 11.4 Å². The molecule has 0 unspecified atom stereocenters. The van der Waals surface area contributed by atoms with E-state index < -0.39 is 0 Å². The molecule has 2 nitrogen and oxygen atoms in total. The van der Waals surface area contributed by atoms with E-state index in [0.717, 1.165) is 24.2 Å². The van der Waals surface area contributed by atoms with Gasteiger partial charge in [0.15, 0.2) is 0 Å². The summed E-state index contributed by atoms with van der Waals surface area (Å²) in [6, 6.07) is 5.80. The van der Waals surface area contributed by atoms with Crippen LogP contribution in [-0.4, -0.2) is 6.21 Å². The van der Waals surface area contributed by atoms with Gasteiger partial charge >= 0.3 is 0 Å². The van der Waals surface area contributed by atoms with Crippen LogP contribution >= 0.6 is 0 Å². The lowest BCUT2D eigenvalue weighted by Crippen LogP contribution is -1.84. The van der Waals surface area contributed by atoms with Crippen molar-refractivity contribution in [2.24, 2.45) is 4.99 Å². The number of aliphatic imine (C=N–C) groups is 1. The second-order valence-corrected chi connectivity index (χ2v) is 3.15. The summed E-state index contributed by atoms with van der Waals surface area (Å²) in [7, 11) is 0. The number of benzene rings is 1. The van der Waals surface area contributed by atoms with Gasteiger partial charge in [-0.25, -0.2) is 0 Å². The van der Waals surface area contributed by atoms with Crippen molar-refractivity contribution in [1.29, 1.82) is 0 Å². The quantitative estimate of drug-likeness (QED) is 0.557. The molecule has 1 aromatic carbocycles. The van der Waals surface area contributed by atoms with Gasteiger partial charge in [0.25, 0.3) is 0 Å². The van der Waals surface area contributed by atoms with Crippen LogP contribution in [0, 0.1) is 6.92 Å². The Morgan fingerprint density at radius 3 is 2.92 bits per heavy atom. The van der Waals surface area contributed by atoms with Crippen LogP contribution in [0.15, 0.2) is 23.2 Å². The Kier molecular flexibility index (Phi) is 3.50. The molecular weight excluding hydrogens is 160 g/mol. The number of rotatable bonds is 3. The molecule has 0 saturated heterocycles. The highest BCUT2D eigenvalue weighted by Gasteiger charge is 1.94. The molecule has 1 rings (SSSR count). The summed E-state index contributed by atoms with van der Waals surface area (Å²) >= 11 is 0. The zero-order valence-corrected chi connectivity index (χ0v) is 8.25. The molecule has 2 N–H and O–H groups in total. The molecule has 0 aromatic heterocycles. The van der Waals surface area contributed by atoms with E-state index in [0.29, 0.717) is 0 Å². The molecule has 0 atom stereocenters. The van der Waals surface area contributed by atoms with Crippen molar-refractivity contribution in [3.8, 4) is 0 Å². The van der Waals surface area contributed by atoms with E-state index in [4.69, 9.17) is 5.73 Å². The molecule has 0 aliphatic rings. The predicted molar refractivity (Wildman–Crippen MR) is 58.7 cm³/mol. The maximum absolute atomic E-state index is 5.66. The molecule has 0 saturated carbocycles. The highest BCUT2D eigenvalue weighted by atomic mass is 14.7. The van der Waals surface area contributed by atoms with Crippen LogP contribution in [0.5, 0.6) is 0 Å². The van der Waals surface area contributed by atoms with Crippen LogP contribution in [0.2, 0.25) is 0 Å². The van der Waals surface area contributed by atoms with Crippen molar-refractivity contribution in [2.75, 3.05) is 5.73 Å². The first-order chi connectivity index (χ1) is 6.24. The Morgan fingerprint density at radius 2 is 2.23 bits per heavy atom. The van der Waals surface area contributed by atoms with E-state index in [2.05, 4.69) is 11.9 Å². The largest absolute Gasteiger partial charge is 0.399 e. The lowest BCUT2D eigenvalue weighted by molar-refractivity contribution is 1.01. The monoisotopic (exact) mass is 176 g/mol. The van der Waals surface area contributed by atoms with Gasteiger partial charge in [-0.2, -0.15) is 0 Å². The van der Waals surface area contributed by atoms with E-state index in [-0.39, 0.29) is 0 Å². The fraction of sp³-hybridized carbons (Fsp3) is 0.364. The maximum atomic E-state index is 5.66. The molecule has 0 aliphatic carbocycles. The van der Waals surface area contributed by atoms with Gasteiger partial charge in [0.05, 0.1) is 5.69 Å². The fourth-order valence-corrected chi connectivity index (χ4v) is 1.06. The zero-order valence-electron chi connectivity index (χ0n) is 8.25. The summed E-state index contributed by atoms with van der Waals surface area (Å²) in [5.41, 5.74) is 8.58. The molecule has 0 spiro atoms. The second-order valence-electron chi connectivity index (χ2n) is 3.15. The lowest BCUT2D eigenvalue weighted by Gasteiger charge is -2.00. The summed E-state index contributed by atoms with van der Waals surface area (Å²) < 4.78 is 0. The summed E-state index contributed by atoms with van der Waals surface area (Å²) in [6.45, 7) is 4.18. The average molecular weight is 176 g/mol. The second kappa shape index (κ2) is 4.65. The zero-order chi connectivity index (χ0) is 9.68. The Bertz CT molecular complexity index is 303. The van der Waals surface area contributed by atoms with Crippen LogP contribution in [0.1, 0.15) is 25.3 Å². The van der Waals surface area contributed by atoms with Crippen LogP contribution in [0.3, 0.4) is 0 Å². The number of nitrogen functional groups attached to an aromatic ring is 1. The molecular formula is C11H16N2. The van der Waals surface area contributed by atoms with Gasteiger partial charge in [-0.15, -0.1) is 0 Å². The minimum atomic E-state index is 0.772. The highest BCUT2D eigenvalue weighted by molar-refractivity contribution is 5.66. The number of hydrogen-bond donors (Lipinski definition) is 1. The van der Waals surface area contributed by atoms with Gasteiger partial charge in [0.2, 0.25) is 0 Å². The Labute approximate surface area is 79.5 Å². The molecule has 0 bridgehead atoms. The maximum Gasteiger partial charge on any atom is 0.0675 e. The molecule has 0 aliphatic heterocycles. The van der Waals surface area contributed by atoms with Gasteiger partial charge in [-0.1, -0.05) is 19.4 Å². The van der Waals surface area contributed by atoms with E-state index in [9.17, 15) is 0 Å². The Hall–Kier alpha value is -1.31. The van der Waals surface area contributed by atoms with Crippen molar-refractivity contribution in [3.63, 3.8) is 0 Å². The molecule has 13 heavy (non-hydrogen) atoms. The molecule has 1 aromatic rings. The van der Waals surface area contributed by atoms with E-state index >= 15 is 0 Å². The number of nitrogens with zero attached hydrogens (tertiary/aromatic N) is 1. The number of unbranched alkanes of at least 4 members (excludes halogenated alkanes) is 1. The van der Waals surface area contributed by atoms with Crippen molar-refractivity contribution in [2.45, 2.75) is 26.7 Å². The van der Waals surface area contributed by atoms with E-state index in [1.54, 1.807) is 0 Å². The summed E-state index contributed by atoms with van der Waals surface area (Å²) in [4.78, 5) is 4.35. The SMILES string of the molecule is CCCC=Nc1cc(N)ccc1C. The van der Waals surface area contributed by atoms with Crippen LogP contribution in [-0.2, 0) is 0 Å². The van der Waals surface area contributed by atoms with Gasteiger partial charge in [-0.05, 0) is 31.0 Å². The van der Waals surface area contributed by atoms with Gasteiger partial charge in [-0.3, -0.25) is 4.99 Å². The number of anilines is 1. The minimum Gasteiger partial charge on any atom is -0.399 e. The molecule has 70 valence electrons. The van der Waals surface area contributed by atoms with E-state index in [1.807, 2.05) is 31.3 Å². The molecule has 0 radical (unpaired) electrons. The third kappa shape index (κ3) is 2.90. The topological polar surface area (TPSA) is 38.4 Å². The number of nitrogens with two attached hydrogens (primary N) is 1. The first kappa shape index (κ1) is 9.78. The number of hydrogen-bond acceptors (Lipinski definition) is 2. The van der Waals surface area contributed by atoms with Crippen LogP contribution in [0.25, 0.3) is 0 Å². The lowest BCUT2D eigenvalue weighted by atomic mass is 10.2. The third-order valence-electron chi connectivity index (χ3n) is 1.88.